The lowest BCUT2D eigenvalue weighted by molar-refractivity contribution is -0.137. The van der Waals surface area contributed by atoms with Gasteiger partial charge in [-0.25, -0.2) is 4.79 Å². The maximum Gasteiger partial charge on any atom is 0.340 e. The molecule has 0 rings (SSSR count). The van der Waals surface area contributed by atoms with Crippen molar-refractivity contribution in [2.75, 3.05) is 0 Å². The van der Waals surface area contributed by atoms with Gasteiger partial charge in [-0.15, -0.1) is 0 Å². The van der Waals surface area contributed by atoms with E-state index in [0.29, 0.717) is 0 Å². The minimum Gasteiger partial charge on any atom is -0.479 e. The van der Waals surface area contributed by atoms with Gasteiger partial charge in [0.25, 0.3) is 0 Å². The second kappa shape index (κ2) is 3.65. The molecule has 0 amide bonds. The van der Waals surface area contributed by atoms with Crippen molar-refractivity contribution < 1.29 is 9.90 Å². The van der Waals surface area contributed by atoms with Gasteiger partial charge in [-0.05, 0) is 0 Å². The third-order valence-electron chi connectivity index (χ3n) is 0.864. The van der Waals surface area contributed by atoms with Gasteiger partial charge in [-0.1, -0.05) is 23.2 Å². The summed E-state index contributed by atoms with van der Waals surface area (Å²) in [6.45, 7) is 0. The maximum absolute atomic E-state index is 10.2. The smallest absolute Gasteiger partial charge is 0.340 e. The summed E-state index contributed by atoms with van der Waals surface area (Å²) in [4.78, 5) is 10.2. The van der Waals surface area contributed by atoms with Crippen LogP contribution < -0.4 is 0 Å². The number of carboxylic acid groups (broad SMARTS) is 1. The molecule has 0 aromatic heterocycles. The summed E-state index contributed by atoms with van der Waals surface area (Å²) >= 11 is 10.5. The lowest BCUT2D eigenvalue weighted by Crippen LogP contribution is -2.24. The molecule has 0 bridgehead atoms. The minimum atomic E-state index is -1.81. The topological polar surface area (TPSA) is 61.1 Å². The number of rotatable bonds is 3. The Bertz CT molecular complexity index is 173. The molecule has 0 aliphatic rings. The Hall–Kier alpha value is -0.460. The van der Waals surface area contributed by atoms with Crippen LogP contribution in [-0.4, -0.2) is 15.4 Å². The quantitative estimate of drug-likeness (QED) is 0.673. The largest absolute Gasteiger partial charge is 0.479 e. The Morgan fingerprint density at radius 3 is 2.50 bits per heavy atom. The standard InChI is InChI=1S/C5H5Cl2NO2/c6-5(7,4(9)10)2-1-3-8/h1-2H2,(H,9,10). The van der Waals surface area contributed by atoms with Crippen molar-refractivity contribution in [3.05, 3.63) is 0 Å². The number of aliphatic carboxylic acids is 1. The fraction of sp³-hybridized carbons (Fsp3) is 0.600. The number of carbonyl (C=O) groups is 1. The number of alkyl halides is 2. The Balaban J connectivity index is 3.90. The molecule has 0 aromatic carbocycles. The van der Waals surface area contributed by atoms with Gasteiger partial charge in [-0.3, -0.25) is 0 Å². The summed E-state index contributed by atoms with van der Waals surface area (Å²) in [7, 11) is 0. The molecular formula is C5H5Cl2NO2. The third-order valence-corrected chi connectivity index (χ3v) is 1.56. The third kappa shape index (κ3) is 2.90. The normalized spacial score (nSPS) is 10.5. The van der Waals surface area contributed by atoms with E-state index in [1.54, 1.807) is 6.07 Å². The number of nitriles is 1. The average Bonchev–Trinajstić information content (AvgIpc) is 1.84. The second-order valence-electron chi connectivity index (χ2n) is 1.67. The number of nitrogens with zero attached hydrogens (tertiary/aromatic N) is 1. The van der Waals surface area contributed by atoms with Crippen molar-refractivity contribution in [3.8, 4) is 6.07 Å². The van der Waals surface area contributed by atoms with Gasteiger partial charge < -0.3 is 5.11 Å². The predicted octanol–water partition coefficient (Wildman–Crippen LogP) is 1.55. The van der Waals surface area contributed by atoms with Gasteiger partial charge in [0.1, 0.15) is 0 Å². The number of halogens is 2. The van der Waals surface area contributed by atoms with Crippen LogP contribution in [0.3, 0.4) is 0 Å². The number of hydrogen-bond donors (Lipinski definition) is 1. The molecule has 0 unspecified atom stereocenters. The highest BCUT2D eigenvalue weighted by Gasteiger charge is 2.32. The number of hydrogen-bond acceptors (Lipinski definition) is 2. The van der Waals surface area contributed by atoms with Crippen molar-refractivity contribution >= 4 is 29.2 Å². The molecule has 0 aromatic rings. The fourth-order valence-electron chi connectivity index (χ4n) is 0.320. The fourth-order valence-corrected chi connectivity index (χ4v) is 0.509. The van der Waals surface area contributed by atoms with E-state index in [2.05, 4.69) is 0 Å². The summed E-state index contributed by atoms with van der Waals surface area (Å²) < 4.78 is -1.81. The summed E-state index contributed by atoms with van der Waals surface area (Å²) in [6, 6.07) is 1.75. The van der Waals surface area contributed by atoms with E-state index >= 15 is 0 Å². The minimum absolute atomic E-state index is 0.0410. The Kier molecular flexibility index (Phi) is 3.48. The van der Waals surface area contributed by atoms with Crippen LogP contribution in [0.4, 0.5) is 0 Å². The van der Waals surface area contributed by atoms with Crippen molar-refractivity contribution in [1.82, 2.24) is 0 Å². The Labute approximate surface area is 68.2 Å². The van der Waals surface area contributed by atoms with Crippen molar-refractivity contribution in [2.45, 2.75) is 17.2 Å². The molecule has 0 aliphatic heterocycles. The van der Waals surface area contributed by atoms with Gasteiger partial charge in [0.2, 0.25) is 4.33 Å². The van der Waals surface area contributed by atoms with Crippen LogP contribution in [0.1, 0.15) is 12.8 Å². The van der Waals surface area contributed by atoms with E-state index in [0.717, 1.165) is 0 Å². The van der Waals surface area contributed by atoms with E-state index in [4.69, 9.17) is 33.6 Å². The van der Waals surface area contributed by atoms with Crippen LogP contribution >= 0.6 is 23.2 Å². The molecule has 1 N–H and O–H groups in total. The summed E-state index contributed by atoms with van der Waals surface area (Å²) in [5, 5.41) is 16.3. The highest BCUT2D eigenvalue weighted by atomic mass is 35.5. The molecule has 0 atom stereocenters. The molecule has 0 radical (unpaired) electrons. The molecule has 0 heterocycles. The molecule has 0 fully saturated rings. The van der Waals surface area contributed by atoms with E-state index < -0.39 is 10.3 Å². The van der Waals surface area contributed by atoms with Gasteiger partial charge in [0.05, 0.1) is 6.07 Å². The lowest BCUT2D eigenvalue weighted by Gasteiger charge is -2.10. The first-order valence-electron chi connectivity index (χ1n) is 2.49. The first-order chi connectivity index (χ1) is 4.50. The molecule has 3 nitrogen and oxygen atoms in total. The first kappa shape index (κ1) is 9.54. The van der Waals surface area contributed by atoms with Crippen molar-refractivity contribution in [2.24, 2.45) is 0 Å². The van der Waals surface area contributed by atoms with E-state index in [1.807, 2.05) is 0 Å². The van der Waals surface area contributed by atoms with Crippen LogP contribution in [0.15, 0.2) is 0 Å². The molecule has 5 heteroatoms. The SMILES string of the molecule is N#CCCC(Cl)(Cl)C(=O)O. The zero-order valence-corrected chi connectivity index (χ0v) is 6.48. The van der Waals surface area contributed by atoms with Gasteiger partial charge >= 0.3 is 5.97 Å². The summed E-state index contributed by atoms with van der Waals surface area (Å²) in [5.41, 5.74) is 0. The highest BCUT2D eigenvalue weighted by Crippen LogP contribution is 2.26. The van der Waals surface area contributed by atoms with Gasteiger partial charge in [0, 0.05) is 12.8 Å². The number of carboxylic acids is 1. The van der Waals surface area contributed by atoms with Crippen LogP contribution in [0.2, 0.25) is 0 Å². The van der Waals surface area contributed by atoms with Crippen molar-refractivity contribution in [3.63, 3.8) is 0 Å². The Morgan fingerprint density at radius 2 is 2.20 bits per heavy atom. The van der Waals surface area contributed by atoms with E-state index in [-0.39, 0.29) is 12.8 Å². The maximum atomic E-state index is 10.2. The molecule has 0 saturated carbocycles. The second-order valence-corrected chi connectivity index (χ2v) is 3.15. The van der Waals surface area contributed by atoms with E-state index in [1.165, 1.54) is 0 Å². The molecule has 56 valence electrons. The van der Waals surface area contributed by atoms with Gasteiger partial charge in [0.15, 0.2) is 0 Å². The molecule has 10 heavy (non-hydrogen) atoms. The summed E-state index contributed by atoms with van der Waals surface area (Å²) in [6.07, 6.45) is -0.0127. The summed E-state index contributed by atoms with van der Waals surface area (Å²) in [5.74, 6) is -1.31. The van der Waals surface area contributed by atoms with Crippen LogP contribution in [0.5, 0.6) is 0 Å². The first-order valence-corrected chi connectivity index (χ1v) is 3.24. The Morgan fingerprint density at radius 1 is 1.70 bits per heavy atom. The molecule has 0 saturated heterocycles. The van der Waals surface area contributed by atoms with Crippen molar-refractivity contribution in [1.29, 1.82) is 5.26 Å². The predicted molar refractivity (Wildman–Crippen MR) is 36.9 cm³/mol. The van der Waals surface area contributed by atoms with Crippen LogP contribution in [0.25, 0.3) is 0 Å². The monoisotopic (exact) mass is 181 g/mol. The lowest BCUT2D eigenvalue weighted by atomic mass is 10.2. The highest BCUT2D eigenvalue weighted by molar-refractivity contribution is 6.57. The average molecular weight is 182 g/mol. The zero-order chi connectivity index (χ0) is 8.20. The zero-order valence-electron chi connectivity index (χ0n) is 4.97. The van der Waals surface area contributed by atoms with Gasteiger partial charge in [-0.2, -0.15) is 5.26 Å². The molecule has 0 spiro atoms. The van der Waals surface area contributed by atoms with E-state index in [9.17, 15) is 4.79 Å². The van der Waals surface area contributed by atoms with Crippen LogP contribution in [0, 0.1) is 11.3 Å². The molecular weight excluding hydrogens is 177 g/mol. The molecule has 0 aliphatic carbocycles. The van der Waals surface area contributed by atoms with Crippen LogP contribution in [-0.2, 0) is 4.79 Å².